The van der Waals surface area contributed by atoms with E-state index in [9.17, 15) is 4.79 Å². The predicted octanol–water partition coefficient (Wildman–Crippen LogP) is 4.74. The van der Waals surface area contributed by atoms with Gasteiger partial charge in [0.15, 0.2) is 0 Å². The van der Waals surface area contributed by atoms with Crippen LogP contribution in [-0.2, 0) is 0 Å². The average Bonchev–Trinajstić information content (AvgIpc) is 3.13. The molecule has 0 atom stereocenters. The second-order valence-electron chi connectivity index (χ2n) is 7.78. The van der Waals surface area contributed by atoms with Gasteiger partial charge in [0.2, 0.25) is 0 Å². The van der Waals surface area contributed by atoms with E-state index in [-0.39, 0.29) is 6.03 Å². The first-order valence-electron chi connectivity index (χ1n) is 10.1. The van der Waals surface area contributed by atoms with Gasteiger partial charge in [-0.05, 0) is 69.0 Å². The number of imidazole rings is 1. The van der Waals surface area contributed by atoms with Crippen LogP contribution < -0.4 is 5.32 Å². The third-order valence-corrected chi connectivity index (χ3v) is 5.80. The molecule has 0 unspecified atom stereocenters. The number of hydrogen-bond donors (Lipinski definition) is 1. The molecule has 0 spiro atoms. The van der Waals surface area contributed by atoms with E-state index in [4.69, 9.17) is 0 Å². The number of amides is 2. The quantitative estimate of drug-likeness (QED) is 0.704. The number of piperidine rings is 1. The number of hydrogen-bond acceptors (Lipinski definition) is 3. The van der Waals surface area contributed by atoms with E-state index in [0.717, 1.165) is 48.7 Å². The van der Waals surface area contributed by atoms with Gasteiger partial charge in [-0.3, -0.25) is 4.98 Å². The zero-order valence-corrected chi connectivity index (χ0v) is 17.2. The zero-order valence-electron chi connectivity index (χ0n) is 17.2. The van der Waals surface area contributed by atoms with E-state index in [1.165, 1.54) is 11.1 Å². The van der Waals surface area contributed by atoms with Crippen LogP contribution in [0.3, 0.4) is 0 Å². The molecule has 0 saturated carbocycles. The van der Waals surface area contributed by atoms with E-state index < -0.39 is 0 Å². The molecule has 1 aliphatic heterocycles. The van der Waals surface area contributed by atoms with Crippen molar-refractivity contribution in [3.8, 4) is 11.4 Å². The summed E-state index contributed by atoms with van der Waals surface area (Å²) in [6.45, 7) is 7.69. The molecule has 150 valence electrons. The minimum Gasteiger partial charge on any atom is -0.325 e. The fraction of sp³-hybridized carbons (Fsp3) is 0.348. The van der Waals surface area contributed by atoms with Gasteiger partial charge in [0.25, 0.3) is 0 Å². The Morgan fingerprint density at radius 3 is 2.45 bits per heavy atom. The van der Waals surface area contributed by atoms with Gasteiger partial charge in [-0.25, -0.2) is 9.78 Å². The Morgan fingerprint density at radius 1 is 1.03 bits per heavy atom. The van der Waals surface area contributed by atoms with Crippen LogP contribution in [0.25, 0.3) is 11.4 Å². The highest BCUT2D eigenvalue weighted by atomic mass is 16.2. The Labute approximate surface area is 171 Å². The lowest BCUT2D eigenvalue weighted by Crippen LogP contribution is -2.41. The summed E-state index contributed by atoms with van der Waals surface area (Å²) in [5.41, 5.74) is 5.48. The number of nitrogens with one attached hydrogen (secondary N) is 1. The highest BCUT2D eigenvalue weighted by Gasteiger charge is 2.26. The molecule has 1 aromatic carbocycles. The van der Waals surface area contributed by atoms with Crippen LogP contribution in [0.5, 0.6) is 0 Å². The van der Waals surface area contributed by atoms with Crippen LogP contribution in [0.4, 0.5) is 10.5 Å². The largest absolute Gasteiger partial charge is 0.325 e. The van der Waals surface area contributed by atoms with E-state index >= 15 is 0 Å². The Hall–Kier alpha value is -3.15. The summed E-state index contributed by atoms with van der Waals surface area (Å²) in [5.74, 6) is 0.975. The van der Waals surface area contributed by atoms with Crippen molar-refractivity contribution in [2.45, 2.75) is 39.7 Å². The molecule has 2 amide bonds. The van der Waals surface area contributed by atoms with Gasteiger partial charge in [0, 0.05) is 54.7 Å². The number of nitrogens with zero attached hydrogens (tertiary/aromatic N) is 4. The topological polar surface area (TPSA) is 63.1 Å². The molecule has 0 radical (unpaired) electrons. The molecule has 1 N–H and O–H groups in total. The maximum absolute atomic E-state index is 12.7. The van der Waals surface area contributed by atoms with Crippen molar-refractivity contribution in [1.82, 2.24) is 19.4 Å². The molecule has 1 fully saturated rings. The van der Waals surface area contributed by atoms with Crippen LogP contribution in [0, 0.1) is 20.8 Å². The molecule has 6 nitrogen and oxygen atoms in total. The molecule has 3 aromatic rings. The third-order valence-electron chi connectivity index (χ3n) is 5.80. The maximum atomic E-state index is 12.7. The van der Waals surface area contributed by atoms with Crippen molar-refractivity contribution < 1.29 is 4.79 Å². The van der Waals surface area contributed by atoms with Crippen LogP contribution in [0.15, 0.2) is 48.9 Å². The summed E-state index contributed by atoms with van der Waals surface area (Å²) < 4.78 is 2.31. The number of carbonyl (C=O) groups excluding carboxylic acids is 1. The zero-order chi connectivity index (χ0) is 20.4. The molecule has 0 aliphatic carbocycles. The summed E-state index contributed by atoms with van der Waals surface area (Å²) in [6, 6.07) is 10.3. The van der Waals surface area contributed by atoms with E-state index in [1.54, 1.807) is 12.4 Å². The van der Waals surface area contributed by atoms with Crippen LogP contribution in [0.2, 0.25) is 0 Å². The number of aryl methyl sites for hydroxylation is 3. The minimum absolute atomic E-state index is 0.0246. The van der Waals surface area contributed by atoms with Crippen LogP contribution in [0.1, 0.15) is 35.7 Å². The fourth-order valence-corrected chi connectivity index (χ4v) is 3.97. The number of carbonyl (C=O) groups is 1. The summed E-state index contributed by atoms with van der Waals surface area (Å²) >= 11 is 0. The lowest BCUT2D eigenvalue weighted by atomic mass is 10.0. The Kier molecular flexibility index (Phi) is 5.34. The van der Waals surface area contributed by atoms with Gasteiger partial charge in [0.05, 0.1) is 0 Å². The Morgan fingerprint density at radius 2 is 1.76 bits per heavy atom. The van der Waals surface area contributed by atoms with Crippen LogP contribution >= 0.6 is 0 Å². The molecular weight excluding hydrogens is 362 g/mol. The van der Waals surface area contributed by atoms with Crippen molar-refractivity contribution in [3.63, 3.8) is 0 Å². The second kappa shape index (κ2) is 8.07. The van der Waals surface area contributed by atoms with E-state index in [2.05, 4.69) is 40.6 Å². The minimum atomic E-state index is -0.0246. The monoisotopic (exact) mass is 389 g/mol. The summed E-state index contributed by atoms with van der Waals surface area (Å²) in [5, 5.41) is 3.04. The number of pyridine rings is 1. The SMILES string of the molecule is Cc1ccc(NC(=O)N2CCC(n3c(C)cnc3-c3ccncc3)CC2)cc1C. The molecule has 2 aromatic heterocycles. The summed E-state index contributed by atoms with van der Waals surface area (Å²) in [6.07, 6.45) is 7.34. The molecule has 3 heterocycles. The van der Waals surface area contributed by atoms with Gasteiger partial charge < -0.3 is 14.8 Å². The van der Waals surface area contributed by atoms with Gasteiger partial charge in [-0.15, -0.1) is 0 Å². The Bertz CT molecular complexity index is 1000. The average molecular weight is 390 g/mol. The molecule has 1 saturated heterocycles. The van der Waals surface area contributed by atoms with Crippen molar-refractivity contribution in [1.29, 1.82) is 0 Å². The normalized spacial score (nSPS) is 14.8. The van der Waals surface area contributed by atoms with Crippen molar-refractivity contribution >= 4 is 11.7 Å². The lowest BCUT2D eigenvalue weighted by molar-refractivity contribution is 0.183. The second-order valence-corrected chi connectivity index (χ2v) is 7.78. The van der Waals surface area contributed by atoms with Gasteiger partial charge in [-0.1, -0.05) is 6.07 Å². The first-order chi connectivity index (χ1) is 14.0. The number of rotatable bonds is 3. The molecule has 1 aliphatic rings. The van der Waals surface area contributed by atoms with Gasteiger partial charge in [-0.2, -0.15) is 0 Å². The number of aromatic nitrogens is 3. The Balaban J connectivity index is 1.43. The number of urea groups is 1. The van der Waals surface area contributed by atoms with Crippen molar-refractivity contribution in [2.24, 2.45) is 0 Å². The number of anilines is 1. The van der Waals surface area contributed by atoms with Gasteiger partial charge >= 0.3 is 6.03 Å². The molecule has 4 rings (SSSR count). The highest BCUT2D eigenvalue weighted by Crippen LogP contribution is 2.30. The molecule has 29 heavy (non-hydrogen) atoms. The van der Waals surface area contributed by atoms with Crippen molar-refractivity contribution in [3.05, 3.63) is 65.7 Å². The standard InChI is InChI=1S/C23H27N5O/c1-16-4-5-20(14-17(16)2)26-23(29)27-12-8-21(9-13-27)28-18(3)15-25-22(28)19-6-10-24-11-7-19/h4-7,10-11,14-15,21H,8-9,12-13H2,1-3H3,(H,26,29). The molecular formula is C23H27N5O. The highest BCUT2D eigenvalue weighted by molar-refractivity contribution is 5.89. The third kappa shape index (κ3) is 4.01. The fourth-order valence-electron chi connectivity index (χ4n) is 3.97. The van der Waals surface area contributed by atoms with Gasteiger partial charge in [0.1, 0.15) is 5.82 Å². The summed E-state index contributed by atoms with van der Waals surface area (Å²) in [7, 11) is 0. The number of benzene rings is 1. The van der Waals surface area contributed by atoms with E-state index in [0.29, 0.717) is 6.04 Å². The summed E-state index contributed by atoms with van der Waals surface area (Å²) in [4.78, 5) is 23.3. The predicted molar refractivity (Wildman–Crippen MR) is 115 cm³/mol. The molecule has 6 heteroatoms. The maximum Gasteiger partial charge on any atom is 0.321 e. The molecule has 0 bridgehead atoms. The first-order valence-corrected chi connectivity index (χ1v) is 10.1. The number of likely N-dealkylation sites (tertiary alicyclic amines) is 1. The first kappa shape index (κ1) is 19.2. The lowest BCUT2D eigenvalue weighted by Gasteiger charge is -2.34. The van der Waals surface area contributed by atoms with E-state index in [1.807, 2.05) is 41.4 Å². The van der Waals surface area contributed by atoms with Crippen LogP contribution in [-0.4, -0.2) is 38.6 Å². The smallest absolute Gasteiger partial charge is 0.321 e. The van der Waals surface area contributed by atoms with Crippen molar-refractivity contribution in [2.75, 3.05) is 18.4 Å².